The second-order valence-corrected chi connectivity index (χ2v) is 11.4. The molecule has 5 nitrogen and oxygen atoms in total. The lowest BCUT2D eigenvalue weighted by molar-refractivity contribution is 0.0548. The van der Waals surface area contributed by atoms with Crippen LogP contribution < -0.4 is 0 Å². The fourth-order valence-corrected chi connectivity index (χ4v) is 6.26. The third kappa shape index (κ3) is 4.47. The van der Waals surface area contributed by atoms with Crippen molar-refractivity contribution in [2.24, 2.45) is 10.9 Å². The molecule has 1 saturated heterocycles. The van der Waals surface area contributed by atoms with E-state index >= 15 is 4.39 Å². The van der Waals surface area contributed by atoms with Crippen molar-refractivity contribution in [3.05, 3.63) is 82.6 Å². The molecule has 202 valence electrons. The summed E-state index contributed by atoms with van der Waals surface area (Å²) >= 11 is 0. The first-order valence-corrected chi connectivity index (χ1v) is 13.5. The van der Waals surface area contributed by atoms with E-state index < -0.39 is 23.3 Å². The molecule has 2 aliphatic rings. The SMILES string of the molecule is CC1=NCC(C)=C1c1cnc2c3ccc(C(C)(C)O)cc3n(C(c3cc(F)ccc3F)C3CCOCC3)c2c1. The third-order valence-corrected chi connectivity index (χ3v) is 8.24. The molecule has 6 rings (SSSR count). The van der Waals surface area contributed by atoms with E-state index in [4.69, 9.17) is 9.72 Å². The van der Waals surface area contributed by atoms with Gasteiger partial charge in [0, 0.05) is 47.2 Å². The maximum atomic E-state index is 15.6. The number of ether oxygens (including phenoxy) is 1. The molecule has 2 aromatic carbocycles. The lowest BCUT2D eigenvalue weighted by atomic mass is 9.86. The van der Waals surface area contributed by atoms with Crippen LogP contribution in [0.2, 0.25) is 0 Å². The number of nitrogens with zero attached hydrogens (tertiary/aromatic N) is 3. The Labute approximate surface area is 226 Å². The van der Waals surface area contributed by atoms with E-state index in [1.54, 1.807) is 13.8 Å². The van der Waals surface area contributed by atoms with E-state index in [1.165, 1.54) is 17.7 Å². The standard InChI is InChI=1S/C32H33F2N3O2/c1-18-16-35-19(2)29(18)21-13-28-30(36-17-21)24-7-5-22(32(3,4)38)14-27(24)37(28)31(20-9-11-39-12-10-20)25-15-23(33)6-8-26(25)34/h5-8,13-15,17,20,31,38H,9-12,16H2,1-4H3. The molecule has 1 atom stereocenters. The van der Waals surface area contributed by atoms with Crippen molar-refractivity contribution in [3.8, 4) is 0 Å². The molecule has 4 heterocycles. The Kier molecular flexibility index (Phi) is 6.39. The Balaban J connectivity index is 1.71. The van der Waals surface area contributed by atoms with Crippen LogP contribution in [0.1, 0.15) is 63.3 Å². The normalized spacial score (nSPS) is 17.9. The van der Waals surface area contributed by atoms with E-state index in [1.807, 2.05) is 31.3 Å². The zero-order valence-electron chi connectivity index (χ0n) is 22.8. The number of aliphatic hydroxyl groups is 1. The number of aliphatic imine (C=N–C) groups is 1. The molecule has 2 aromatic heterocycles. The van der Waals surface area contributed by atoms with E-state index in [2.05, 4.69) is 22.5 Å². The highest BCUT2D eigenvalue weighted by molar-refractivity contribution is 6.25. The number of rotatable bonds is 5. The van der Waals surface area contributed by atoms with Crippen LogP contribution in [0.4, 0.5) is 8.78 Å². The lowest BCUT2D eigenvalue weighted by Gasteiger charge is -2.33. The first-order valence-electron chi connectivity index (χ1n) is 13.5. The molecule has 1 unspecified atom stereocenters. The number of hydrogen-bond donors (Lipinski definition) is 1. The maximum Gasteiger partial charge on any atom is 0.128 e. The van der Waals surface area contributed by atoms with Crippen molar-refractivity contribution in [1.29, 1.82) is 0 Å². The van der Waals surface area contributed by atoms with Gasteiger partial charge in [0.2, 0.25) is 0 Å². The van der Waals surface area contributed by atoms with Gasteiger partial charge >= 0.3 is 0 Å². The number of aromatic nitrogens is 2. The first-order chi connectivity index (χ1) is 18.6. The average Bonchev–Trinajstić information content (AvgIpc) is 3.42. The van der Waals surface area contributed by atoms with Gasteiger partial charge in [0.05, 0.1) is 34.7 Å². The van der Waals surface area contributed by atoms with Crippen LogP contribution in [0.15, 0.2) is 59.2 Å². The second-order valence-electron chi connectivity index (χ2n) is 11.4. The van der Waals surface area contributed by atoms with Gasteiger partial charge in [-0.3, -0.25) is 9.98 Å². The van der Waals surface area contributed by atoms with E-state index in [9.17, 15) is 9.50 Å². The molecule has 2 aliphatic heterocycles. The molecule has 0 radical (unpaired) electrons. The number of pyridine rings is 1. The summed E-state index contributed by atoms with van der Waals surface area (Å²) in [6, 6.07) is 11.2. The van der Waals surface area contributed by atoms with E-state index in [0.717, 1.165) is 63.3 Å². The van der Waals surface area contributed by atoms with Gasteiger partial charge in [-0.2, -0.15) is 0 Å². The van der Waals surface area contributed by atoms with Gasteiger partial charge in [0.25, 0.3) is 0 Å². The molecule has 1 fully saturated rings. The Morgan fingerprint density at radius 1 is 1.03 bits per heavy atom. The van der Waals surface area contributed by atoms with Crippen molar-refractivity contribution in [2.45, 2.75) is 52.2 Å². The van der Waals surface area contributed by atoms with E-state index in [0.29, 0.717) is 25.3 Å². The Morgan fingerprint density at radius 2 is 1.79 bits per heavy atom. The highest BCUT2D eigenvalue weighted by Gasteiger charge is 2.33. The van der Waals surface area contributed by atoms with Crippen LogP contribution in [-0.4, -0.2) is 40.1 Å². The molecular formula is C32H33F2N3O2. The van der Waals surface area contributed by atoms with Crippen molar-refractivity contribution in [1.82, 2.24) is 9.55 Å². The topological polar surface area (TPSA) is 59.6 Å². The molecule has 0 aliphatic carbocycles. The number of allylic oxidation sites excluding steroid dienone is 1. The molecule has 0 amide bonds. The van der Waals surface area contributed by atoms with Gasteiger partial charge in [-0.25, -0.2) is 8.78 Å². The quantitative estimate of drug-likeness (QED) is 0.304. The minimum atomic E-state index is -1.08. The summed E-state index contributed by atoms with van der Waals surface area (Å²) in [4.78, 5) is 9.54. The summed E-state index contributed by atoms with van der Waals surface area (Å²) in [6.45, 7) is 9.38. The Morgan fingerprint density at radius 3 is 2.49 bits per heavy atom. The number of hydrogen-bond acceptors (Lipinski definition) is 4. The lowest BCUT2D eigenvalue weighted by Crippen LogP contribution is -2.28. The molecule has 39 heavy (non-hydrogen) atoms. The summed E-state index contributed by atoms with van der Waals surface area (Å²) in [6.07, 6.45) is 3.32. The van der Waals surface area contributed by atoms with Crippen LogP contribution in [0.25, 0.3) is 27.5 Å². The zero-order valence-corrected chi connectivity index (χ0v) is 22.8. The predicted molar refractivity (Wildman–Crippen MR) is 151 cm³/mol. The highest BCUT2D eigenvalue weighted by Crippen LogP contribution is 2.43. The monoisotopic (exact) mass is 529 g/mol. The van der Waals surface area contributed by atoms with Crippen LogP contribution in [0.3, 0.4) is 0 Å². The number of fused-ring (bicyclic) bond motifs is 3. The number of halogens is 2. The molecule has 0 bridgehead atoms. The summed E-state index contributed by atoms with van der Waals surface area (Å²) in [7, 11) is 0. The fourth-order valence-electron chi connectivity index (χ4n) is 6.26. The molecule has 7 heteroatoms. The van der Waals surface area contributed by atoms with Crippen LogP contribution in [0, 0.1) is 17.6 Å². The van der Waals surface area contributed by atoms with Crippen LogP contribution in [0.5, 0.6) is 0 Å². The van der Waals surface area contributed by atoms with Crippen LogP contribution >= 0.6 is 0 Å². The molecule has 0 spiro atoms. The van der Waals surface area contributed by atoms with Crippen molar-refractivity contribution in [2.75, 3.05) is 19.8 Å². The van der Waals surface area contributed by atoms with Crippen molar-refractivity contribution in [3.63, 3.8) is 0 Å². The molecule has 4 aromatic rings. The van der Waals surface area contributed by atoms with Crippen molar-refractivity contribution >= 4 is 33.2 Å². The Bertz CT molecular complexity index is 1660. The van der Waals surface area contributed by atoms with E-state index in [-0.39, 0.29) is 5.92 Å². The predicted octanol–water partition coefficient (Wildman–Crippen LogP) is 6.96. The molecule has 0 saturated carbocycles. The van der Waals surface area contributed by atoms with Gasteiger partial charge in [-0.1, -0.05) is 12.1 Å². The Hall–Kier alpha value is -3.42. The van der Waals surface area contributed by atoms with Gasteiger partial charge in [0.15, 0.2) is 0 Å². The molecular weight excluding hydrogens is 496 g/mol. The molecule has 1 N–H and O–H groups in total. The largest absolute Gasteiger partial charge is 0.386 e. The van der Waals surface area contributed by atoms with Crippen molar-refractivity contribution < 1.29 is 18.6 Å². The van der Waals surface area contributed by atoms with Gasteiger partial charge in [-0.15, -0.1) is 0 Å². The number of benzene rings is 2. The van der Waals surface area contributed by atoms with Gasteiger partial charge in [-0.05, 0) is 87.9 Å². The summed E-state index contributed by atoms with van der Waals surface area (Å²) < 4.78 is 38.0. The summed E-state index contributed by atoms with van der Waals surface area (Å²) in [5.41, 5.74) is 6.62. The summed E-state index contributed by atoms with van der Waals surface area (Å²) in [5.74, 6) is -0.902. The maximum absolute atomic E-state index is 15.6. The summed E-state index contributed by atoms with van der Waals surface area (Å²) in [5, 5.41) is 11.8. The average molecular weight is 530 g/mol. The first kappa shape index (κ1) is 25.8. The van der Waals surface area contributed by atoms with Gasteiger partial charge < -0.3 is 14.4 Å². The fraction of sp³-hybridized carbons (Fsp3) is 0.375. The van der Waals surface area contributed by atoms with Gasteiger partial charge in [0.1, 0.15) is 11.6 Å². The minimum Gasteiger partial charge on any atom is -0.386 e. The second kappa shape index (κ2) is 9.65. The highest BCUT2D eigenvalue weighted by atomic mass is 19.1. The minimum absolute atomic E-state index is 0.0130. The smallest absolute Gasteiger partial charge is 0.128 e. The van der Waals surface area contributed by atoms with Crippen LogP contribution in [-0.2, 0) is 10.3 Å². The zero-order chi connectivity index (χ0) is 27.5. The third-order valence-electron chi connectivity index (χ3n) is 8.24.